The highest BCUT2D eigenvalue weighted by Crippen LogP contribution is 2.22. The first-order chi connectivity index (χ1) is 22.3. The van der Waals surface area contributed by atoms with Gasteiger partial charge in [-0.25, -0.2) is 4.79 Å². The molecule has 6 N–H and O–H groups in total. The molecule has 0 saturated heterocycles. The summed E-state index contributed by atoms with van der Waals surface area (Å²) in [4.78, 5) is 70.5. The van der Waals surface area contributed by atoms with E-state index in [1.807, 2.05) is 20.8 Å². The van der Waals surface area contributed by atoms with Gasteiger partial charge in [0.1, 0.15) is 12.9 Å². The summed E-state index contributed by atoms with van der Waals surface area (Å²) >= 11 is 0. The normalized spacial score (nSPS) is 12.6. The Bertz CT molecular complexity index is 973. The zero-order chi connectivity index (χ0) is 35.5. The number of carbonyl (C=O) groups is 6. The third kappa shape index (κ3) is 27.2. The maximum absolute atomic E-state index is 11.9. The van der Waals surface area contributed by atoms with E-state index in [1.165, 1.54) is 11.9 Å². The second-order valence-electron chi connectivity index (χ2n) is 11.5. The van der Waals surface area contributed by atoms with Gasteiger partial charge in [0.25, 0.3) is 0 Å². The van der Waals surface area contributed by atoms with Gasteiger partial charge in [0.05, 0.1) is 39.1 Å². The molecule has 0 rings (SSSR count). The zero-order valence-corrected chi connectivity index (χ0v) is 27.9. The van der Waals surface area contributed by atoms with Crippen LogP contribution in [0.3, 0.4) is 0 Å². The quantitative estimate of drug-likeness (QED) is 0.0269. The van der Waals surface area contributed by atoms with Crippen LogP contribution >= 0.6 is 0 Å². The Balaban J connectivity index is 3.71. The molecule has 17 heteroatoms. The number of hydrogen-bond acceptors (Lipinski definition) is 12. The van der Waals surface area contributed by atoms with Gasteiger partial charge in [-0.2, -0.15) is 0 Å². The summed E-state index contributed by atoms with van der Waals surface area (Å²) in [5.41, 5.74) is -0.125. The summed E-state index contributed by atoms with van der Waals surface area (Å²) < 4.78 is 20.8. The molecule has 0 radical (unpaired) electrons. The van der Waals surface area contributed by atoms with Crippen LogP contribution in [0.5, 0.6) is 0 Å². The number of aldehydes is 1. The average molecular weight is 676 g/mol. The van der Waals surface area contributed by atoms with E-state index in [2.05, 4.69) is 21.3 Å². The smallest absolute Gasteiger partial charge is 0.407 e. The number of ether oxygens (including phenoxy) is 4. The number of carbonyl (C=O) groups excluding carboxylic acids is 6. The van der Waals surface area contributed by atoms with Crippen LogP contribution in [0.2, 0.25) is 0 Å². The van der Waals surface area contributed by atoms with E-state index in [4.69, 9.17) is 18.9 Å². The first kappa shape index (κ1) is 43.4. The molecule has 17 nitrogen and oxygen atoms in total. The Labute approximate surface area is 276 Å². The van der Waals surface area contributed by atoms with Crippen LogP contribution in [0.4, 0.5) is 4.79 Å². The van der Waals surface area contributed by atoms with Crippen molar-refractivity contribution >= 4 is 36.0 Å². The molecule has 270 valence electrons. The fourth-order valence-electron chi connectivity index (χ4n) is 3.62. The number of rotatable bonds is 26. The van der Waals surface area contributed by atoms with Gasteiger partial charge >= 0.3 is 6.09 Å². The second-order valence-corrected chi connectivity index (χ2v) is 11.5. The highest BCUT2D eigenvalue weighted by Gasteiger charge is 2.22. The number of allylic oxidation sites excluding steroid dienone is 1. The topological polar surface area (TPSA) is 231 Å². The van der Waals surface area contributed by atoms with Gasteiger partial charge in [0.2, 0.25) is 23.6 Å². The van der Waals surface area contributed by atoms with Crippen LogP contribution in [-0.4, -0.2) is 143 Å². The Morgan fingerprint density at radius 2 is 1.40 bits per heavy atom. The summed E-state index contributed by atoms with van der Waals surface area (Å²) in [5.74, 6) is -1.21. The van der Waals surface area contributed by atoms with Crippen molar-refractivity contribution in [1.82, 2.24) is 26.2 Å². The molecule has 0 aromatic carbocycles. The predicted molar refractivity (Wildman–Crippen MR) is 169 cm³/mol. The lowest BCUT2D eigenvalue weighted by Gasteiger charge is -2.26. The molecule has 0 spiro atoms. The molecule has 0 heterocycles. The molecular weight excluding hydrogens is 622 g/mol. The van der Waals surface area contributed by atoms with Crippen LogP contribution in [-0.2, 0) is 42.9 Å². The van der Waals surface area contributed by atoms with Crippen LogP contribution < -0.4 is 21.3 Å². The van der Waals surface area contributed by atoms with Crippen molar-refractivity contribution < 1.29 is 57.9 Å². The van der Waals surface area contributed by atoms with Gasteiger partial charge in [0.15, 0.2) is 6.29 Å². The first-order valence-corrected chi connectivity index (χ1v) is 15.4. The van der Waals surface area contributed by atoms with Crippen molar-refractivity contribution in [1.29, 1.82) is 0 Å². The molecule has 0 aromatic heterocycles. The molecule has 0 aliphatic heterocycles. The van der Waals surface area contributed by atoms with E-state index in [-0.39, 0.29) is 114 Å². The minimum absolute atomic E-state index is 0.00287. The van der Waals surface area contributed by atoms with Gasteiger partial charge in [-0.05, 0) is 17.9 Å². The zero-order valence-electron chi connectivity index (χ0n) is 27.9. The molecule has 5 amide bonds. The van der Waals surface area contributed by atoms with Gasteiger partial charge < -0.3 is 55.3 Å². The Morgan fingerprint density at radius 1 is 0.809 bits per heavy atom. The monoisotopic (exact) mass is 675 g/mol. The van der Waals surface area contributed by atoms with Gasteiger partial charge in [-0.15, -0.1) is 0 Å². The molecular formula is C30H53N5O12. The van der Waals surface area contributed by atoms with Gasteiger partial charge in [-0.1, -0.05) is 20.8 Å². The van der Waals surface area contributed by atoms with Crippen molar-refractivity contribution in [2.75, 3.05) is 79.4 Å². The van der Waals surface area contributed by atoms with Gasteiger partial charge in [-0.3, -0.25) is 24.0 Å². The Kier molecular flexibility index (Phi) is 24.4. The predicted octanol–water partition coefficient (Wildman–Crippen LogP) is -1.39. The summed E-state index contributed by atoms with van der Waals surface area (Å²) in [7, 11) is 1.53. The number of aliphatic hydroxyl groups excluding tert-OH is 2. The SMILES string of the molecule is CN(CCC(=O)NCCOCCOCCC(=O)NCCNC(=O)CCNC(=O)OCC(O)OC(CO)CC(C)(C)C)C(=O)/C=C\C=O. The van der Waals surface area contributed by atoms with Crippen molar-refractivity contribution in [2.45, 2.75) is 58.8 Å². The van der Waals surface area contributed by atoms with E-state index in [0.717, 1.165) is 12.2 Å². The first-order valence-electron chi connectivity index (χ1n) is 15.4. The van der Waals surface area contributed by atoms with E-state index >= 15 is 0 Å². The molecule has 0 bridgehead atoms. The minimum atomic E-state index is -1.40. The third-order valence-electron chi connectivity index (χ3n) is 5.92. The number of amides is 5. The molecule has 2 atom stereocenters. The van der Waals surface area contributed by atoms with Crippen LogP contribution in [0.25, 0.3) is 0 Å². The summed E-state index contributed by atoms with van der Waals surface area (Å²) in [6, 6.07) is 0. The number of nitrogens with zero attached hydrogens (tertiary/aromatic N) is 1. The Morgan fingerprint density at radius 3 is 2.02 bits per heavy atom. The van der Waals surface area contributed by atoms with Crippen molar-refractivity contribution in [3.8, 4) is 0 Å². The maximum Gasteiger partial charge on any atom is 0.407 e. The van der Waals surface area contributed by atoms with Crippen molar-refractivity contribution in [3.63, 3.8) is 0 Å². The molecule has 0 aromatic rings. The summed E-state index contributed by atoms with van der Waals surface area (Å²) in [5, 5.41) is 29.6. The second kappa shape index (κ2) is 26.4. The molecule has 0 fully saturated rings. The number of likely N-dealkylation sites (N-methyl/N-ethyl adjacent to an activating group) is 1. The lowest BCUT2D eigenvalue weighted by Crippen LogP contribution is -2.37. The largest absolute Gasteiger partial charge is 0.444 e. The van der Waals surface area contributed by atoms with Gasteiger partial charge in [0, 0.05) is 65.1 Å². The van der Waals surface area contributed by atoms with E-state index in [1.54, 1.807) is 0 Å². The van der Waals surface area contributed by atoms with Crippen molar-refractivity contribution in [3.05, 3.63) is 12.2 Å². The lowest BCUT2D eigenvalue weighted by molar-refractivity contribution is -0.171. The number of alkyl carbamates (subject to hydrolysis) is 1. The van der Waals surface area contributed by atoms with E-state index in [9.17, 15) is 39.0 Å². The standard InChI is InChI=1S/C30H53N5O12/c1-30(2,3)20-23(21-37)47-28(42)22-46-29(43)34-10-7-24(38)31-11-12-32-26(40)9-16-44-18-19-45-17-13-33-25(39)8-14-35(4)27(41)6-5-15-36/h5-6,15,23,28,37,42H,7-14,16-22H2,1-4H3,(H,31,38)(H,32,40)(H,33,39)(H,34,43)/b6-5-. The molecule has 0 aliphatic rings. The summed E-state index contributed by atoms with van der Waals surface area (Å²) in [6.07, 6.45) is 0.590. The van der Waals surface area contributed by atoms with Crippen LogP contribution in [0.15, 0.2) is 12.2 Å². The Hall–Kier alpha value is -3.64. The highest BCUT2D eigenvalue weighted by molar-refractivity contribution is 5.91. The summed E-state index contributed by atoms with van der Waals surface area (Å²) in [6.45, 7) is 7.05. The number of nitrogens with one attached hydrogen (secondary N) is 4. The van der Waals surface area contributed by atoms with Crippen LogP contribution in [0, 0.1) is 5.41 Å². The fraction of sp³-hybridized carbons (Fsp3) is 0.733. The molecule has 0 aliphatic carbocycles. The fourth-order valence-corrected chi connectivity index (χ4v) is 3.62. The molecule has 0 saturated carbocycles. The maximum atomic E-state index is 11.9. The lowest BCUT2D eigenvalue weighted by atomic mass is 9.89. The van der Waals surface area contributed by atoms with Crippen LogP contribution in [0.1, 0.15) is 46.5 Å². The third-order valence-corrected chi connectivity index (χ3v) is 5.92. The van der Waals surface area contributed by atoms with E-state index in [0.29, 0.717) is 12.7 Å². The van der Waals surface area contributed by atoms with E-state index < -0.39 is 25.1 Å². The minimum Gasteiger partial charge on any atom is -0.444 e. The molecule has 2 unspecified atom stereocenters. The highest BCUT2D eigenvalue weighted by atomic mass is 16.6. The molecule has 47 heavy (non-hydrogen) atoms. The number of hydrogen-bond donors (Lipinski definition) is 6. The van der Waals surface area contributed by atoms with Crippen molar-refractivity contribution in [2.24, 2.45) is 5.41 Å². The number of aliphatic hydroxyl groups is 2. The average Bonchev–Trinajstić information content (AvgIpc) is 3.01.